The molecule has 0 bridgehead atoms. The molecule has 0 radical (unpaired) electrons. The number of fused-ring (bicyclic) bond motifs is 1. The van der Waals surface area contributed by atoms with Crippen molar-refractivity contribution >= 4 is 17.5 Å². The summed E-state index contributed by atoms with van der Waals surface area (Å²) in [6.45, 7) is 2.57. The number of benzene rings is 3. The number of carbonyl (C=O) groups is 2. The second-order valence-electron chi connectivity index (χ2n) is 7.87. The fourth-order valence-corrected chi connectivity index (χ4v) is 3.86. The number of hydrogen-bond acceptors (Lipinski definition) is 4. The maximum atomic E-state index is 13.5. The van der Waals surface area contributed by atoms with E-state index in [0.29, 0.717) is 30.9 Å². The molecular weight excluding hydrogens is 423 g/mol. The van der Waals surface area contributed by atoms with Crippen molar-refractivity contribution in [3.63, 3.8) is 0 Å². The number of nitrogens with zero attached hydrogens (tertiary/aromatic N) is 1. The Bertz CT molecular complexity index is 1180. The Morgan fingerprint density at radius 2 is 1.97 bits per heavy atom. The predicted molar refractivity (Wildman–Crippen MR) is 123 cm³/mol. The first-order valence-electron chi connectivity index (χ1n) is 10.7. The summed E-state index contributed by atoms with van der Waals surface area (Å²) in [7, 11) is 1.63. The molecule has 1 aliphatic rings. The molecule has 1 heterocycles. The predicted octanol–water partition coefficient (Wildman–Crippen LogP) is 4.44. The summed E-state index contributed by atoms with van der Waals surface area (Å²) in [5.41, 5.74) is 2.56. The molecule has 170 valence electrons. The van der Waals surface area contributed by atoms with Crippen molar-refractivity contribution in [1.82, 2.24) is 4.90 Å². The van der Waals surface area contributed by atoms with Gasteiger partial charge < -0.3 is 19.7 Å². The average molecular weight is 448 g/mol. The molecule has 0 saturated heterocycles. The number of para-hydroxylation sites is 1. The van der Waals surface area contributed by atoms with Gasteiger partial charge in [0.1, 0.15) is 17.3 Å². The zero-order valence-electron chi connectivity index (χ0n) is 18.5. The first-order valence-corrected chi connectivity index (χ1v) is 10.7. The van der Waals surface area contributed by atoms with E-state index in [2.05, 4.69) is 5.32 Å². The van der Waals surface area contributed by atoms with Gasteiger partial charge in [-0.25, -0.2) is 4.39 Å². The van der Waals surface area contributed by atoms with E-state index < -0.39 is 17.8 Å². The van der Waals surface area contributed by atoms with Crippen LogP contribution in [0.2, 0.25) is 0 Å². The second-order valence-corrected chi connectivity index (χ2v) is 7.87. The Balaban J connectivity index is 1.52. The summed E-state index contributed by atoms with van der Waals surface area (Å²) in [4.78, 5) is 27.2. The fraction of sp³-hybridized carbons (Fsp3) is 0.231. The highest BCUT2D eigenvalue weighted by molar-refractivity contribution is 6.04. The van der Waals surface area contributed by atoms with Crippen molar-refractivity contribution in [1.29, 1.82) is 0 Å². The minimum atomic E-state index is -0.628. The van der Waals surface area contributed by atoms with E-state index in [9.17, 15) is 14.0 Å². The third-order valence-electron chi connectivity index (χ3n) is 5.57. The van der Waals surface area contributed by atoms with Crippen molar-refractivity contribution in [3.8, 4) is 11.5 Å². The quantitative estimate of drug-likeness (QED) is 0.606. The largest absolute Gasteiger partial charge is 0.496 e. The third-order valence-corrected chi connectivity index (χ3v) is 5.57. The lowest BCUT2D eigenvalue weighted by atomic mass is 10.1. The molecule has 3 aromatic rings. The van der Waals surface area contributed by atoms with E-state index in [-0.39, 0.29) is 11.5 Å². The number of nitrogens with one attached hydrogen (secondary N) is 1. The van der Waals surface area contributed by atoms with Crippen molar-refractivity contribution in [2.45, 2.75) is 26.0 Å². The molecule has 0 spiro atoms. The number of carbonyl (C=O) groups excluding carboxylic acids is 2. The Kier molecular flexibility index (Phi) is 6.58. The van der Waals surface area contributed by atoms with Gasteiger partial charge in [0.2, 0.25) is 0 Å². The van der Waals surface area contributed by atoms with E-state index in [1.807, 2.05) is 24.3 Å². The van der Waals surface area contributed by atoms with Crippen LogP contribution in [0.5, 0.6) is 11.5 Å². The Morgan fingerprint density at radius 1 is 1.15 bits per heavy atom. The third kappa shape index (κ3) is 5.14. The minimum Gasteiger partial charge on any atom is -0.496 e. The molecule has 1 atom stereocenters. The highest BCUT2D eigenvalue weighted by Crippen LogP contribution is 2.29. The van der Waals surface area contributed by atoms with Crippen LogP contribution in [-0.2, 0) is 17.8 Å². The van der Waals surface area contributed by atoms with Gasteiger partial charge in [0.25, 0.3) is 11.8 Å². The summed E-state index contributed by atoms with van der Waals surface area (Å²) < 4.78 is 24.8. The van der Waals surface area contributed by atoms with Gasteiger partial charge in [-0.05, 0) is 61.4 Å². The van der Waals surface area contributed by atoms with Gasteiger partial charge in [-0.2, -0.15) is 0 Å². The molecule has 0 saturated carbocycles. The van der Waals surface area contributed by atoms with Gasteiger partial charge in [0.15, 0.2) is 6.10 Å². The van der Waals surface area contributed by atoms with Crippen molar-refractivity contribution in [2.24, 2.45) is 0 Å². The molecule has 4 rings (SSSR count). The van der Waals surface area contributed by atoms with Crippen LogP contribution in [0.25, 0.3) is 0 Å². The molecule has 6 nitrogen and oxygen atoms in total. The summed E-state index contributed by atoms with van der Waals surface area (Å²) in [6.07, 6.45) is 0.00464. The normalized spacial score (nSPS) is 15.3. The molecular formula is C26H25FN2O4. The van der Waals surface area contributed by atoms with Gasteiger partial charge >= 0.3 is 0 Å². The SMILES string of the molecule is COc1ccccc1CCN1Cc2cc(NC(=O)c3cccc(F)c3)ccc2O[C@H](C)C1=O. The topological polar surface area (TPSA) is 67.9 Å². The molecule has 33 heavy (non-hydrogen) atoms. The van der Waals surface area contributed by atoms with E-state index >= 15 is 0 Å². The number of anilines is 1. The summed E-state index contributed by atoms with van der Waals surface area (Å²) >= 11 is 0. The fourth-order valence-electron chi connectivity index (χ4n) is 3.86. The lowest BCUT2D eigenvalue weighted by Gasteiger charge is -2.22. The van der Waals surface area contributed by atoms with Gasteiger partial charge in [0.05, 0.1) is 7.11 Å². The lowest BCUT2D eigenvalue weighted by Crippen LogP contribution is -2.39. The van der Waals surface area contributed by atoms with Crippen LogP contribution in [0.4, 0.5) is 10.1 Å². The highest BCUT2D eigenvalue weighted by atomic mass is 19.1. The van der Waals surface area contributed by atoms with Crippen LogP contribution in [0, 0.1) is 5.82 Å². The molecule has 7 heteroatoms. The molecule has 1 N–H and O–H groups in total. The smallest absolute Gasteiger partial charge is 0.263 e. The van der Waals surface area contributed by atoms with Gasteiger partial charge in [-0.3, -0.25) is 9.59 Å². The van der Waals surface area contributed by atoms with Crippen molar-refractivity contribution in [2.75, 3.05) is 19.0 Å². The van der Waals surface area contributed by atoms with Crippen LogP contribution in [0.1, 0.15) is 28.4 Å². The molecule has 0 unspecified atom stereocenters. The molecule has 0 fully saturated rings. The maximum Gasteiger partial charge on any atom is 0.263 e. The van der Waals surface area contributed by atoms with Gasteiger partial charge in [-0.1, -0.05) is 24.3 Å². The lowest BCUT2D eigenvalue weighted by molar-refractivity contribution is -0.137. The van der Waals surface area contributed by atoms with Crippen molar-refractivity contribution < 1.29 is 23.5 Å². The number of hydrogen-bond donors (Lipinski definition) is 1. The average Bonchev–Trinajstić information content (AvgIpc) is 2.93. The van der Waals surface area contributed by atoms with Crippen LogP contribution in [0.3, 0.4) is 0 Å². The second kappa shape index (κ2) is 9.73. The van der Waals surface area contributed by atoms with Crippen LogP contribution >= 0.6 is 0 Å². The van der Waals surface area contributed by atoms with E-state index in [1.54, 1.807) is 43.2 Å². The number of ether oxygens (including phenoxy) is 2. The summed E-state index contributed by atoms with van der Waals surface area (Å²) in [5.74, 6) is 0.385. The van der Waals surface area contributed by atoms with Crippen LogP contribution in [0.15, 0.2) is 66.7 Å². The summed E-state index contributed by atoms with van der Waals surface area (Å²) in [6, 6.07) is 18.5. The van der Waals surface area contributed by atoms with Gasteiger partial charge in [-0.15, -0.1) is 0 Å². The first kappa shape index (κ1) is 22.3. The molecule has 1 aliphatic heterocycles. The maximum absolute atomic E-state index is 13.5. The van der Waals surface area contributed by atoms with Crippen molar-refractivity contribution in [3.05, 3.63) is 89.2 Å². The van der Waals surface area contributed by atoms with Crippen LogP contribution in [-0.4, -0.2) is 36.5 Å². The Morgan fingerprint density at radius 3 is 2.76 bits per heavy atom. The van der Waals surface area contributed by atoms with Gasteiger partial charge in [0, 0.05) is 29.9 Å². The zero-order chi connectivity index (χ0) is 23.4. The first-order chi connectivity index (χ1) is 15.9. The molecule has 2 amide bonds. The number of methoxy groups -OCH3 is 1. The number of amides is 2. The van der Waals surface area contributed by atoms with E-state index in [4.69, 9.17) is 9.47 Å². The standard InChI is InChI=1S/C26H25FN2O4/c1-17-26(31)29(13-12-18-6-3-4-9-23(18)32-2)16-20-15-22(10-11-24(20)33-17)28-25(30)19-7-5-8-21(27)14-19/h3-11,14-15,17H,12-13,16H2,1-2H3,(H,28,30)/t17-/m1/s1. The monoisotopic (exact) mass is 448 g/mol. The summed E-state index contributed by atoms with van der Waals surface area (Å²) in [5, 5.41) is 2.79. The van der Waals surface area contributed by atoms with E-state index in [0.717, 1.165) is 16.9 Å². The van der Waals surface area contributed by atoms with E-state index in [1.165, 1.54) is 18.2 Å². The molecule has 3 aromatic carbocycles. The molecule has 0 aliphatic carbocycles. The highest BCUT2D eigenvalue weighted by Gasteiger charge is 2.28. The van der Waals surface area contributed by atoms with Crippen LogP contribution < -0.4 is 14.8 Å². The Labute approximate surface area is 191 Å². The number of rotatable bonds is 6. The Hall–Kier alpha value is -3.87. The zero-order valence-corrected chi connectivity index (χ0v) is 18.5. The molecule has 0 aromatic heterocycles. The number of halogens is 1. The minimum absolute atomic E-state index is 0.105.